The van der Waals surface area contributed by atoms with Gasteiger partial charge in [-0.05, 0) is 31.9 Å². The molecule has 0 spiro atoms. The summed E-state index contributed by atoms with van der Waals surface area (Å²) < 4.78 is 11.0. The Hall–Kier alpha value is -1.75. The number of benzene rings is 1. The zero-order valence-corrected chi connectivity index (χ0v) is 13.3. The Balaban J connectivity index is 2.97. The summed E-state index contributed by atoms with van der Waals surface area (Å²) in [5.74, 6) is 1.19. The molecule has 1 aromatic carbocycles. The molecule has 0 bridgehead atoms. The van der Waals surface area contributed by atoms with Crippen LogP contribution in [0.25, 0.3) is 0 Å². The van der Waals surface area contributed by atoms with Crippen LogP contribution in [0.2, 0.25) is 0 Å². The third kappa shape index (κ3) is 4.93. The van der Waals surface area contributed by atoms with E-state index in [1.807, 2.05) is 33.8 Å². The highest BCUT2D eigenvalue weighted by molar-refractivity contribution is 5.94. The monoisotopic (exact) mass is 294 g/mol. The average Bonchev–Trinajstić information content (AvgIpc) is 2.42. The predicted molar refractivity (Wildman–Crippen MR) is 84.8 cm³/mol. The summed E-state index contributed by atoms with van der Waals surface area (Å²) in [5, 5.41) is 2.90. The van der Waals surface area contributed by atoms with Gasteiger partial charge in [0.25, 0.3) is 0 Å². The lowest BCUT2D eigenvalue weighted by molar-refractivity contribution is -0.120. The molecule has 0 saturated heterocycles. The zero-order valence-electron chi connectivity index (χ0n) is 13.3. The van der Waals surface area contributed by atoms with Crippen LogP contribution in [0.1, 0.15) is 27.7 Å². The van der Waals surface area contributed by atoms with E-state index < -0.39 is 0 Å². The molecule has 0 aromatic heterocycles. The lowest BCUT2D eigenvalue weighted by Crippen LogP contribution is -2.33. The molecule has 0 aliphatic rings. The minimum absolute atomic E-state index is 0.0953. The number of hydrogen-bond donors (Lipinski definition) is 2. The van der Waals surface area contributed by atoms with Crippen molar-refractivity contribution in [1.29, 1.82) is 0 Å². The van der Waals surface area contributed by atoms with E-state index >= 15 is 0 Å². The van der Waals surface area contributed by atoms with E-state index in [9.17, 15) is 4.79 Å². The molecule has 1 atom stereocenters. The van der Waals surface area contributed by atoms with E-state index in [1.54, 1.807) is 12.1 Å². The van der Waals surface area contributed by atoms with Crippen molar-refractivity contribution in [2.75, 3.05) is 25.1 Å². The molecule has 0 aliphatic heterocycles. The largest absolute Gasteiger partial charge is 0.494 e. The maximum absolute atomic E-state index is 12.3. The molecule has 1 unspecified atom stereocenters. The fraction of sp³-hybridized carbons (Fsp3) is 0.562. The van der Waals surface area contributed by atoms with Crippen molar-refractivity contribution < 1.29 is 14.3 Å². The van der Waals surface area contributed by atoms with E-state index in [-0.39, 0.29) is 17.7 Å². The first-order valence-corrected chi connectivity index (χ1v) is 7.44. The molecule has 0 fully saturated rings. The number of hydrogen-bond acceptors (Lipinski definition) is 4. The molecule has 0 radical (unpaired) electrons. The predicted octanol–water partition coefficient (Wildman–Crippen LogP) is 2.65. The lowest BCUT2D eigenvalue weighted by Gasteiger charge is -2.20. The summed E-state index contributed by atoms with van der Waals surface area (Å²) in [5.41, 5.74) is 6.30. The van der Waals surface area contributed by atoms with Gasteiger partial charge >= 0.3 is 0 Å². The first-order valence-electron chi connectivity index (χ1n) is 7.44. The molecule has 21 heavy (non-hydrogen) atoms. The molecular formula is C16H26N2O3. The summed E-state index contributed by atoms with van der Waals surface area (Å²) in [7, 11) is 0. The van der Waals surface area contributed by atoms with Crippen molar-refractivity contribution in [3.05, 3.63) is 18.2 Å². The molecule has 1 aromatic rings. The van der Waals surface area contributed by atoms with E-state index in [0.717, 1.165) is 0 Å². The van der Waals surface area contributed by atoms with Crippen LogP contribution < -0.4 is 20.5 Å². The summed E-state index contributed by atoms with van der Waals surface area (Å²) in [4.78, 5) is 12.3. The first kappa shape index (κ1) is 17.3. The molecule has 3 N–H and O–H groups in total. The Labute approximate surface area is 126 Å². The van der Waals surface area contributed by atoms with Gasteiger partial charge in [0.1, 0.15) is 11.5 Å². The van der Waals surface area contributed by atoms with Crippen LogP contribution in [0.5, 0.6) is 11.5 Å². The highest BCUT2D eigenvalue weighted by Gasteiger charge is 2.21. The normalized spacial score (nSPS) is 12.1. The molecule has 5 heteroatoms. The average molecular weight is 294 g/mol. The number of carbonyl (C=O) groups is 1. The summed E-state index contributed by atoms with van der Waals surface area (Å²) in [6.07, 6.45) is 0. The minimum Gasteiger partial charge on any atom is -0.494 e. The highest BCUT2D eigenvalue weighted by atomic mass is 16.5. The van der Waals surface area contributed by atoms with Crippen LogP contribution in [0.3, 0.4) is 0 Å². The number of carbonyl (C=O) groups excluding carboxylic acids is 1. The first-order chi connectivity index (χ1) is 10.0. The third-order valence-corrected chi connectivity index (χ3v) is 3.22. The molecule has 5 nitrogen and oxygen atoms in total. The second-order valence-corrected chi connectivity index (χ2v) is 5.10. The smallest absolute Gasteiger partial charge is 0.229 e. The number of rotatable bonds is 8. The SMILES string of the molecule is CCOc1ccc(OCC)c(NC(=O)C(CN)C(C)C)c1. The molecule has 118 valence electrons. The van der Waals surface area contributed by atoms with Gasteiger partial charge in [0.2, 0.25) is 5.91 Å². The van der Waals surface area contributed by atoms with Crippen molar-refractivity contribution >= 4 is 11.6 Å². The van der Waals surface area contributed by atoms with E-state index in [1.165, 1.54) is 0 Å². The molecular weight excluding hydrogens is 268 g/mol. The number of nitrogens with two attached hydrogens (primary N) is 1. The Bertz CT molecular complexity index is 461. The van der Waals surface area contributed by atoms with Crippen LogP contribution in [-0.2, 0) is 4.79 Å². The van der Waals surface area contributed by atoms with Gasteiger partial charge in [-0.2, -0.15) is 0 Å². The number of nitrogens with one attached hydrogen (secondary N) is 1. The summed E-state index contributed by atoms with van der Waals surface area (Å²) >= 11 is 0. The van der Waals surface area contributed by atoms with Gasteiger partial charge in [-0.3, -0.25) is 4.79 Å². The van der Waals surface area contributed by atoms with Crippen LogP contribution in [0.4, 0.5) is 5.69 Å². The van der Waals surface area contributed by atoms with Crippen molar-refractivity contribution in [1.82, 2.24) is 0 Å². The number of ether oxygens (including phenoxy) is 2. The van der Waals surface area contributed by atoms with E-state index in [2.05, 4.69) is 5.32 Å². The van der Waals surface area contributed by atoms with Gasteiger partial charge in [0.15, 0.2) is 0 Å². The molecule has 1 amide bonds. The Morgan fingerprint density at radius 1 is 1.24 bits per heavy atom. The van der Waals surface area contributed by atoms with Gasteiger partial charge in [-0.15, -0.1) is 0 Å². The van der Waals surface area contributed by atoms with Gasteiger partial charge in [0, 0.05) is 12.6 Å². The summed E-state index contributed by atoms with van der Waals surface area (Å²) in [6, 6.07) is 5.41. The molecule has 1 rings (SSSR count). The fourth-order valence-electron chi connectivity index (χ4n) is 2.05. The standard InChI is InChI=1S/C16H26N2O3/c1-5-20-12-7-8-15(21-6-2)14(9-12)18-16(19)13(10-17)11(3)4/h7-9,11,13H,5-6,10,17H2,1-4H3,(H,18,19). The van der Waals surface area contributed by atoms with Gasteiger partial charge in [-0.1, -0.05) is 13.8 Å². The minimum atomic E-state index is -0.227. The zero-order chi connectivity index (χ0) is 15.8. The summed E-state index contributed by atoms with van der Waals surface area (Å²) in [6.45, 7) is 9.20. The highest BCUT2D eigenvalue weighted by Crippen LogP contribution is 2.30. The third-order valence-electron chi connectivity index (χ3n) is 3.22. The van der Waals surface area contributed by atoms with Gasteiger partial charge in [0.05, 0.1) is 24.8 Å². The molecule has 0 heterocycles. The van der Waals surface area contributed by atoms with Crippen LogP contribution in [-0.4, -0.2) is 25.7 Å². The van der Waals surface area contributed by atoms with E-state index in [0.29, 0.717) is 36.9 Å². The van der Waals surface area contributed by atoms with Gasteiger partial charge in [-0.25, -0.2) is 0 Å². The fourth-order valence-corrected chi connectivity index (χ4v) is 2.05. The van der Waals surface area contributed by atoms with E-state index in [4.69, 9.17) is 15.2 Å². The lowest BCUT2D eigenvalue weighted by atomic mass is 9.95. The van der Waals surface area contributed by atoms with Crippen LogP contribution in [0.15, 0.2) is 18.2 Å². The Morgan fingerprint density at radius 3 is 2.43 bits per heavy atom. The quantitative estimate of drug-likeness (QED) is 0.773. The topological polar surface area (TPSA) is 73.6 Å². The van der Waals surface area contributed by atoms with Crippen LogP contribution in [0, 0.1) is 11.8 Å². The second-order valence-electron chi connectivity index (χ2n) is 5.10. The maximum Gasteiger partial charge on any atom is 0.229 e. The van der Waals surface area contributed by atoms with Crippen molar-refractivity contribution in [3.8, 4) is 11.5 Å². The van der Waals surface area contributed by atoms with Crippen molar-refractivity contribution in [2.24, 2.45) is 17.6 Å². The number of anilines is 1. The van der Waals surface area contributed by atoms with Gasteiger partial charge < -0.3 is 20.5 Å². The maximum atomic E-state index is 12.3. The van der Waals surface area contributed by atoms with Crippen molar-refractivity contribution in [2.45, 2.75) is 27.7 Å². The Kier molecular flexibility index (Phi) is 7.02. The van der Waals surface area contributed by atoms with Crippen molar-refractivity contribution in [3.63, 3.8) is 0 Å². The Morgan fingerprint density at radius 2 is 1.90 bits per heavy atom. The second kappa shape index (κ2) is 8.52. The van der Waals surface area contributed by atoms with Crippen LogP contribution >= 0.6 is 0 Å². The molecule has 0 saturated carbocycles. The number of amides is 1. The molecule has 0 aliphatic carbocycles.